The van der Waals surface area contributed by atoms with Crippen LogP contribution in [0, 0.1) is 0 Å². The summed E-state index contributed by atoms with van der Waals surface area (Å²) in [4.78, 5) is 0. The highest BCUT2D eigenvalue weighted by molar-refractivity contribution is 5.86. The average molecular weight is 210 g/mol. The molecule has 2 aromatic rings. The van der Waals surface area contributed by atoms with Gasteiger partial charge in [-0.25, -0.2) is 0 Å². The lowest BCUT2D eigenvalue weighted by Gasteiger charge is -2.08. The standard InChI is InChI=1S/C16H18/c1-11(2)13-5-7-16-10-14(12(3)4)6-8-15(16)9-13/h5-10,12H,1H2,2-4H3. The van der Waals surface area contributed by atoms with Gasteiger partial charge in [0.1, 0.15) is 0 Å². The fourth-order valence-electron chi connectivity index (χ4n) is 1.89. The summed E-state index contributed by atoms with van der Waals surface area (Å²) in [5, 5.41) is 2.61. The summed E-state index contributed by atoms with van der Waals surface area (Å²) in [7, 11) is 0. The molecule has 2 aromatic carbocycles. The molecular formula is C16H18. The van der Waals surface area contributed by atoms with E-state index in [9.17, 15) is 0 Å². The molecule has 0 saturated carbocycles. The van der Waals surface area contributed by atoms with Crippen molar-refractivity contribution in [3.05, 3.63) is 54.1 Å². The number of benzene rings is 2. The van der Waals surface area contributed by atoms with Crippen LogP contribution in [0.2, 0.25) is 0 Å². The molecule has 0 spiro atoms. The largest absolute Gasteiger partial charge is 0.0955 e. The van der Waals surface area contributed by atoms with Crippen molar-refractivity contribution in [2.24, 2.45) is 0 Å². The molecule has 0 radical (unpaired) electrons. The Morgan fingerprint density at radius 3 is 2.25 bits per heavy atom. The zero-order valence-electron chi connectivity index (χ0n) is 10.2. The van der Waals surface area contributed by atoms with E-state index in [1.54, 1.807) is 0 Å². The SMILES string of the molecule is C=C(C)c1ccc2cc(C(C)C)ccc2c1. The smallest absolute Gasteiger partial charge is 0.0178 e. The Bertz CT molecular complexity index is 533. The quantitative estimate of drug-likeness (QED) is 0.654. The molecule has 2 rings (SSSR count). The lowest BCUT2D eigenvalue weighted by atomic mass is 9.97. The summed E-state index contributed by atoms with van der Waals surface area (Å²) < 4.78 is 0. The Labute approximate surface area is 97.6 Å². The minimum atomic E-state index is 0.588. The first-order valence-corrected chi connectivity index (χ1v) is 5.77. The minimum absolute atomic E-state index is 0.588. The molecule has 82 valence electrons. The van der Waals surface area contributed by atoms with E-state index >= 15 is 0 Å². The molecule has 0 nitrogen and oxygen atoms in total. The highest BCUT2D eigenvalue weighted by Crippen LogP contribution is 2.24. The molecule has 0 atom stereocenters. The first-order chi connectivity index (χ1) is 7.58. The van der Waals surface area contributed by atoms with Gasteiger partial charge in [-0.2, -0.15) is 0 Å². The molecule has 0 amide bonds. The molecule has 0 saturated heterocycles. The monoisotopic (exact) mass is 210 g/mol. The van der Waals surface area contributed by atoms with Gasteiger partial charge >= 0.3 is 0 Å². The third-order valence-corrected chi connectivity index (χ3v) is 3.02. The second-order valence-electron chi connectivity index (χ2n) is 4.76. The summed E-state index contributed by atoms with van der Waals surface area (Å²) in [6.07, 6.45) is 0. The highest BCUT2D eigenvalue weighted by atomic mass is 14.1. The summed E-state index contributed by atoms with van der Waals surface area (Å²) in [6, 6.07) is 13.2. The Morgan fingerprint density at radius 2 is 1.62 bits per heavy atom. The second kappa shape index (κ2) is 4.13. The first kappa shape index (κ1) is 10.9. The van der Waals surface area contributed by atoms with Gasteiger partial charge in [-0.05, 0) is 40.8 Å². The number of allylic oxidation sites excluding steroid dienone is 1. The number of hydrogen-bond donors (Lipinski definition) is 0. The number of hydrogen-bond acceptors (Lipinski definition) is 0. The predicted molar refractivity (Wildman–Crippen MR) is 72.7 cm³/mol. The van der Waals surface area contributed by atoms with E-state index in [-0.39, 0.29) is 0 Å². The van der Waals surface area contributed by atoms with Gasteiger partial charge < -0.3 is 0 Å². The van der Waals surface area contributed by atoms with Gasteiger partial charge in [0, 0.05) is 0 Å². The van der Waals surface area contributed by atoms with Crippen LogP contribution >= 0.6 is 0 Å². The van der Waals surface area contributed by atoms with E-state index < -0.39 is 0 Å². The van der Waals surface area contributed by atoms with Crippen LogP contribution < -0.4 is 0 Å². The maximum atomic E-state index is 3.98. The van der Waals surface area contributed by atoms with Gasteiger partial charge in [-0.1, -0.05) is 56.3 Å². The van der Waals surface area contributed by atoms with Crippen LogP contribution in [0.4, 0.5) is 0 Å². The van der Waals surface area contributed by atoms with Crippen molar-refractivity contribution in [2.45, 2.75) is 26.7 Å². The summed E-state index contributed by atoms with van der Waals surface area (Å²) >= 11 is 0. The molecule has 0 aliphatic rings. The molecule has 0 fully saturated rings. The van der Waals surface area contributed by atoms with Gasteiger partial charge in [-0.15, -0.1) is 0 Å². The molecule has 0 N–H and O–H groups in total. The van der Waals surface area contributed by atoms with Crippen LogP contribution in [0.25, 0.3) is 16.3 Å². The maximum absolute atomic E-state index is 3.98. The molecule has 0 aliphatic heterocycles. The topological polar surface area (TPSA) is 0 Å². The lowest BCUT2D eigenvalue weighted by molar-refractivity contribution is 0.869. The maximum Gasteiger partial charge on any atom is -0.0178 e. The Hall–Kier alpha value is -1.56. The normalized spacial score (nSPS) is 11.0. The summed E-state index contributed by atoms with van der Waals surface area (Å²) in [6.45, 7) is 10.5. The summed E-state index contributed by atoms with van der Waals surface area (Å²) in [5.41, 5.74) is 3.75. The van der Waals surface area contributed by atoms with E-state index in [0.717, 1.165) is 5.57 Å². The number of fused-ring (bicyclic) bond motifs is 1. The Kier molecular flexibility index (Phi) is 2.82. The van der Waals surface area contributed by atoms with Gasteiger partial charge in [0.2, 0.25) is 0 Å². The average Bonchev–Trinajstić information content (AvgIpc) is 2.27. The molecule has 0 unspecified atom stereocenters. The second-order valence-corrected chi connectivity index (χ2v) is 4.76. The van der Waals surface area contributed by atoms with Crippen molar-refractivity contribution in [3.63, 3.8) is 0 Å². The van der Waals surface area contributed by atoms with Crippen LogP contribution in [-0.4, -0.2) is 0 Å². The molecule has 0 bridgehead atoms. The zero-order valence-corrected chi connectivity index (χ0v) is 10.2. The van der Waals surface area contributed by atoms with Crippen LogP contribution in [0.15, 0.2) is 43.0 Å². The van der Waals surface area contributed by atoms with Crippen LogP contribution in [-0.2, 0) is 0 Å². The van der Waals surface area contributed by atoms with Crippen molar-refractivity contribution < 1.29 is 0 Å². The van der Waals surface area contributed by atoms with Gasteiger partial charge in [-0.3, -0.25) is 0 Å². The van der Waals surface area contributed by atoms with E-state index in [0.29, 0.717) is 5.92 Å². The van der Waals surface area contributed by atoms with E-state index in [1.165, 1.54) is 21.9 Å². The van der Waals surface area contributed by atoms with Crippen LogP contribution in [0.3, 0.4) is 0 Å². The lowest BCUT2D eigenvalue weighted by Crippen LogP contribution is -1.87. The zero-order chi connectivity index (χ0) is 11.7. The Morgan fingerprint density at radius 1 is 1.00 bits per heavy atom. The van der Waals surface area contributed by atoms with Gasteiger partial charge in [0.25, 0.3) is 0 Å². The van der Waals surface area contributed by atoms with Crippen molar-refractivity contribution >= 4 is 16.3 Å². The molecule has 0 aliphatic carbocycles. The third-order valence-electron chi connectivity index (χ3n) is 3.02. The molecular weight excluding hydrogens is 192 g/mol. The number of rotatable bonds is 2. The van der Waals surface area contributed by atoms with Crippen molar-refractivity contribution in [2.75, 3.05) is 0 Å². The molecule has 16 heavy (non-hydrogen) atoms. The molecule has 0 heteroatoms. The van der Waals surface area contributed by atoms with Crippen molar-refractivity contribution in [1.29, 1.82) is 0 Å². The van der Waals surface area contributed by atoms with Crippen molar-refractivity contribution in [1.82, 2.24) is 0 Å². The third kappa shape index (κ3) is 2.01. The fourth-order valence-corrected chi connectivity index (χ4v) is 1.89. The highest BCUT2D eigenvalue weighted by Gasteiger charge is 2.01. The van der Waals surface area contributed by atoms with E-state index in [2.05, 4.69) is 56.8 Å². The van der Waals surface area contributed by atoms with Crippen LogP contribution in [0.1, 0.15) is 37.8 Å². The predicted octanol–water partition coefficient (Wildman–Crippen LogP) is 5.00. The van der Waals surface area contributed by atoms with Crippen LogP contribution in [0.5, 0.6) is 0 Å². The Balaban J connectivity index is 2.57. The van der Waals surface area contributed by atoms with Crippen molar-refractivity contribution in [3.8, 4) is 0 Å². The van der Waals surface area contributed by atoms with Gasteiger partial charge in [0.15, 0.2) is 0 Å². The fraction of sp³-hybridized carbons (Fsp3) is 0.250. The summed E-state index contributed by atoms with van der Waals surface area (Å²) in [5.74, 6) is 0.588. The van der Waals surface area contributed by atoms with Gasteiger partial charge in [0.05, 0.1) is 0 Å². The van der Waals surface area contributed by atoms with E-state index in [4.69, 9.17) is 0 Å². The first-order valence-electron chi connectivity index (χ1n) is 5.77. The molecule has 0 heterocycles. The minimum Gasteiger partial charge on any atom is -0.0955 e. The van der Waals surface area contributed by atoms with E-state index in [1.807, 2.05) is 6.92 Å². The molecule has 0 aromatic heterocycles.